The van der Waals surface area contributed by atoms with Gasteiger partial charge in [-0.2, -0.15) is 18.2 Å². The van der Waals surface area contributed by atoms with E-state index in [1.54, 1.807) is 60.7 Å². The molecule has 4 aromatic rings. The number of halogens is 5. The molecular formula is C44H38Cl2F3N5O7. The van der Waals surface area contributed by atoms with Gasteiger partial charge in [-0.3, -0.25) is 29.5 Å². The van der Waals surface area contributed by atoms with E-state index in [2.05, 4.69) is 15.3 Å². The van der Waals surface area contributed by atoms with Gasteiger partial charge in [-0.15, -0.1) is 0 Å². The van der Waals surface area contributed by atoms with E-state index in [0.717, 1.165) is 10.7 Å². The number of aromatic nitrogens is 1. The quantitative estimate of drug-likeness (QED) is 0.136. The highest BCUT2D eigenvalue weighted by atomic mass is 35.5. The van der Waals surface area contributed by atoms with Crippen LogP contribution < -0.4 is 20.0 Å². The Bertz CT molecular complexity index is 2430. The van der Waals surface area contributed by atoms with Crippen molar-refractivity contribution in [2.45, 2.75) is 30.4 Å². The van der Waals surface area contributed by atoms with Gasteiger partial charge < -0.3 is 19.5 Å². The minimum absolute atomic E-state index is 0.0242. The number of pyridine rings is 1. The molecule has 4 heterocycles. The van der Waals surface area contributed by atoms with E-state index < -0.39 is 69.5 Å². The van der Waals surface area contributed by atoms with Crippen molar-refractivity contribution in [3.8, 4) is 5.75 Å². The maximum atomic E-state index is 15.4. The van der Waals surface area contributed by atoms with Crippen LogP contribution in [0.15, 0.2) is 96.7 Å². The molecule has 12 nitrogen and oxygen atoms in total. The molecule has 4 fully saturated rings. The average Bonchev–Trinajstić information content (AvgIpc) is 3.64. The second kappa shape index (κ2) is 15.8. The van der Waals surface area contributed by atoms with Gasteiger partial charge in [-0.25, -0.2) is 4.98 Å². The summed E-state index contributed by atoms with van der Waals surface area (Å²) in [5, 5.41) is 10.0. The lowest BCUT2D eigenvalue weighted by Crippen LogP contribution is -2.53. The summed E-state index contributed by atoms with van der Waals surface area (Å²) in [5.41, 5.74) is 2.90. The van der Waals surface area contributed by atoms with E-state index in [9.17, 15) is 32.7 Å². The number of morpholine rings is 1. The van der Waals surface area contributed by atoms with Crippen LogP contribution in [0.2, 0.25) is 10.0 Å². The number of aliphatic hydroxyl groups excluding tert-OH is 1. The third kappa shape index (κ3) is 6.82. The minimum Gasteiger partial charge on any atom is -0.491 e. The Labute approximate surface area is 357 Å². The molecule has 17 heteroatoms. The van der Waals surface area contributed by atoms with Crippen molar-refractivity contribution < 1.29 is 46.9 Å². The van der Waals surface area contributed by atoms with Gasteiger partial charge in [-0.1, -0.05) is 59.1 Å². The first kappa shape index (κ1) is 40.9. The zero-order chi connectivity index (χ0) is 42.8. The number of carbonyl (C=O) groups is 4. The molecule has 2 N–H and O–H groups in total. The number of hydrogen-bond acceptors (Lipinski definition) is 10. The van der Waals surface area contributed by atoms with Crippen LogP contribution in [0.25, 0.3) is 0 Å². The second-order valence-corrected chi connectivity index (χ2v) is 16.5. The maximum Gasteiger partial charge on any atom is 0.417 e. The summed E-state index contributed by atoms with van der Waals surface area (Å²) in [7, 11) is 0. The van der Waals surface area contributed by atoms with Crippen LogP contribution in [-0.2, 0) is 35.5 Å². The number of nitrogens with zero attached hydrogens (tertiary/aromatic N) is 4. The predicted octanol–water partition coefficient (Wildman–Crippen LogP) is 6.80. The van der Waals surface area contributed by atoms with E-state index in [4.69, 9.17) is 32.7 Å². The second-order valence-electron chi connectivity index (χ2n) is 15.7. The number of amides is 4. The molecule has 2 aliphatic carbocycles. The van der Waals surface area contributed by atoms with Crippen molar-refractivity contribution in [1.82, 2.24) is 9.99 Å². The van der Waals surface area contributed by atoms with Crippen molar-refractivity contribution >= 4 is 64.0 Å². The number of hydrazine groups is 1. The molecular weight excluding hydrogens is 838 g/mol. The van der Waals surface area contributed by atoms with E-state index >= 15 is 4.79 Å². The van der Waals surface area contributed by atoms with Gasteiger partial charge in [0.05, 0.1) is 59.3 Å². The Kier molecular flexibility index (Phi) is 10.6. The summed E-state index contributed by atoms with van der Waals surface area (Å²) in [4.78, 5) is 66.7. The van der Waals surface area contributed by atoms with Crippen molar-refractivity contribution in [1.29, 1.82) is 0 Å². The molecule has 6 atom stereocenters. The Morgan fingerprint density at radius 2 is 1.57 bits per heavy atom. The standard InChI is InChI=1S/C44H38Cl2F3N5O7/c45-27-5-3-25(4-6-27)43-34(40(57)54(42(43)59)51-38-35(46)21-26(23-50-38)44(47,48)49)22-33-31(37(43)24-1-11-30(12-2-24)61-20-17-55)13-14-32-36(33)41(58)53(39(32)56)29-9-7-28(8-10-29)52-15-18-60-19-16-52/h1-13,21,23,32-34,36-37,55H,14-20,22H2,(H,50,51). The number of carbonyl (C=O) groups excluding carboxylic acids is 4. The summed E-state index contributed by atoms with van der Waals surface area (Å²) < 4.78 is 51.8. The molecule has 3 aromatic carbocycles. The third-order valence-electron chi connectivity index (χ3n) is 12.6. The van der Waals surface area contributed by atoms with Crippen LogP contribution in [0, 0.1) is 23.7 Å². The highest BCUT2D eigenvalue weighted by Gasteiger charge is 2.70. The number of nitrogens with one attached hydrogen (secondary N) is 1. The van der Waals surface area contributed by atoms with Crippen molar-refractivity contribution in [2.24, 2.45) is 23.7 Å². The Morgan fingerprint density at radius 3 is 2.23 bits per heavy atom. The van der Waals surface area contributed by atoms with Crippen molar-refractivity contribution in [2.75, 3.05) is 54.7 Å². The molecule has 0 spiro atoms. The van der Waals surface area contributed by atoms with Gasteiger partial charge in [0.1, 0.15) is 12.4 Å². The summed E-state index contributed by atoms with van der Waals surface area (Å²) in [5.74, 6) is -6.52. The van der Waals surface area contributed by atoms with E-state index in [-0.39, 0.29) is 37.8 Å². The van der Waals surface area contributed by atoms with Crippen LogP contribution >= 0.6 is 23.2 Å². The largest absolute Gasteiger partial charge is 0.491 e. The van der Waals surface area contributed by atoms with Gasteiger partial charge in [0.2, 0.25) is 11.8 Å². The van der Waals surface area contributed by atoms with E-state index in [1.165, 1.54) is 4.90 Å². The molecule has 0 radical (unpaired) electrons. The molecule has 3 saturated heterocycles. The SMILES string of the molecule is O=C1C2CC3C(=CCC4C(=O)N(c5ccc(N6CCOCC6)cc5)C(=O)C43)C(c3ccc(OCCO)cc3)C2(c2ccc(Cl)cc2)C(=O)N1Nc1ncc(C(F)(F)F)cc1Cl. The van der Waals surface area contributed by atoms with Gasteiger partial charge in [0.15, 0.2) is 5.82 Å². The zero-order valence-corrected chi connectivity index (χ0v) is 33.8. The Morgan fingerprint density at radius 1 is 0.885 bits per heavy atom. The Hall–Kier alpha value is -5.48. The number of allylic oxidation sites excluding steroid dienone is 2. The molecule has 61 heavy (non-hydrogen) atoms. The number of anilines is 3. The van der Waals surface area contributed by atoms with Crippen LogP contribution in [0.1, 0.15) is 35.4 Å². The first-order valence-corrected chi connectivity index (χ1v) is 20.6. The summed E-state index contributed by atoms with van der Waals surface area (Å²) in [6.07, 6.45) is -2.12. The van der Waals surface area contributed by atoms with Gasteiger partial charge in [0.25, 0.3) is 11.8 Å². The first-order chi connectivity index (χ1) is 29.3. The van der Waals surface area contributed by atoms with Crippen LogP contribution in [-0.4, -0.2) is 78.2 Å². The normalized spacial score (nSPS) is 26.2. The fourth-order valence-electron chi connectivity index (χ4n) is 9.97. The molecule has 316 valence electrons. The lowest BCUT2D eigenvalue weighted by molar-refractivity contribution is -0.139. The Balaban J connectivity index is 1.15. The molecule has 9 rings (SSSR count). The molecule has 1 aromatic heterocycles. The number of hydrogen-bond donors (Lipinski definition) is 2. The molecule has 4 amide bonds. The number of imide groups is 2. The number of ether oxygens (including phenoxy) is 2. The van der Waals surface area contributed by atoms with E-state index in [0.29, 0.717) is 71.7 Å². The average molecular weight is 877 g/mol. The highest BCUT2D eigenvalue weighted by Crippen LogP contribution is 2.64. The van der Waals surface area contributed by atoms with Crippen LogP contribution in [0.4, 0.5) is 30.4 Å². The summed E-state index contributed by atoms with van der Waals surface area (Å²) >= 11 is 12.7. The maximum absolute atomic E-state index is 15.4. The molecule has 6 unspecified atom stereocenters. The molecule has 5 aliphatic rings. The fraction of sp³-hybridized carbons (Fsp3) is 0.341. The van der Waals surface area contributed by atoms with Gasteiger partial charge >= 0.3 is 6.18 Å². The highest BCUT2D eigenvalue weighted by molar-refractivity contribution is 6.33. The molecule has 3 aliphatic heterocycles. The fourth-order valence-corrected chi connectivity index (χ4v) is 10.3. The number of fused-ring (bicyclic) bond motifs is 4. The monoisotopic (exact) mass is 875 g/mol. The van der Waals surface area contributed by atoms with Crippen molar-refractivity contribution in [3.63, 3.8) is 0 Å². The lowest BCUT2D eigenvalue weighted by Gasteiger charge is -2.50. The lowest BCUT2D eigenvalue weighted by atomic mass is 9.49. The topological polar surface area (TPSA) is 142 Å². The predicted molar refractivity (Wildman–Crippen MR) is 218 cm³/mol. The van der Waals surface area contributed by atoms with Gasteiger partial charge in [-0.05, 0) is 84.5 Å². The smallest absolute Gasteiger partial charge is 0.417 e. The minimum atomic E-state index is -4.75. The number of aliphatic hydroxyl groups is 1. The summed E-state index contributed by atoms with van der Waals surface area (Å²) in [6.45, 7) is 2.42. The number of rotatable bonds is 9. The zero-order valence-electron chi connectivity index (χ0n) is 32.3. The first-order valence-electron chi connectivity index (χ1n) is 19.8. The van der Waals surface area contributed by atoms with E-state index in [1.807, 2.05) is 18.2 Å². The van der Waals surface area contributed by atoms with Gasteiger partial charge in [0, 0.05) is 35.9 Å². The van der Waals surface area contributed by atoms with Crippen LogP contribution in [0.5, 0.6) is 5.75 Å². The molecule has 0 bridgehead atoms. The van der Waals surface area contributed by atoms with Crippen LogP contribution in [0.3, 0.4) is 0 Å². The summed E-state index contributed by atoms with van der Waals surface area (Å²) in [6, 6.07) is 21.3. The number of alkyl halides is 3. The molecule has 1 saturated carbocycles. The van der Waals surface area contributed by atoms with Crippen molar-refractivity contribution in [3.05, 3.63) is 123 Å². The third-order valence-corrected chi connectivity index (χ3v) is 13.2. The number of benzene rings is 3.